The van der Waals surface area contributed by atoms with Gasteiger partial charge in [0.25, 0.3) is 0 Å². The van der Waals surface area contributed by atoms with Crippen LogP contribution >= 0.6 is 0 Å². The quantitative estimate of drug-likeness (QED) is 0.398. The van der Waals surface area contributed by atoms with Gasteiger partial charge in [0.15, 0.2) is 0 Å². The predicted octanol–water partition coefficient (Wildman–Crippen LogP) is 4.84. The molecule has 0 aliphatic carbocycles. The van der Waals surface area contributed by atoms with E-state index in [1.165, 1.54) is 12.8 Å². The van der Waals surface area contributed by atoms with E-state index in [9.17, 15) is 14.4 Å². The molecule has 2 fully saturated rings. The molecule has 0 saturated carbocycles. The van der Waals surface area contributed by atoms with Gasteiger partial charge in [0.05, 0.1) is 13.2 Å². The highest BCUT2D eigenvalue weighted by molar-refractivity contribution is 5.71. The first kappa shape index (κ1) is 29.2. The number of esters is 2. The zero-order valence-corrected chi connectivity index (χ0v) is 21.7. The van der Waals surface area contributed by atoms with Crippen LogP contribution in [-0.2, 0) is 23.8 Å². The lowest BCUT2D eigenvalue weighted by Crippen LogP contribution is -2.40. The molecule has 0 aromatic heterocycles. The largest absolute Gasteiger partial charge is 0.466 e. The Morgan fingerprint density at radius 3 is 2.06 bits per heavy atom. The van der Waals surface area contributed by atoms with Crippen LogP contribution in [0.3, 0.4) is 0 Å². The number of nitrogens with zero attached hydrogens (tertiary/aromatic N) is 1. The van der Waals surface area contributed by atoms with E-state index in [4.69, 9.17) is 15.6 Å². The van der Waals surface area contributed by atoms with Crippen LogP contribution in [0.15, 0.2) is 0 Å². The van der Waals surface area contributed by atoms with E-state index in [-0.39, 0.29) is 24.1 Å². The molecule has 2 aliphatic heterocycles. The minimum absolute atomic E-state index is 0.0637. The third-order valence-corrected chi connectivity index (χ3v) is 5.16. The third-order valence-electron chi connectivity index (χ3n) is 5.16. The first-order valence-electron chi connectivity index (χ1n) is 13.1. The van der Waals surface area contributed by atoms with E-state index in [1.807, 2.05) is 27.7 Å². The van der Waals surface area contributed by atoms with Crippen LogP contribution < -0.4 is 5.32 Å². The lowest BCUT2D eigenvalue weighted by molar-refractivity contribution is -0.144. The maximum absolute atomic E-state index is 12.0. The second-order valence-electron chi connectivity index (χ2n) is 8.95. The maximum atomic E-state index is 12.0. The molecule has 2 rings (SSSR count). The average Bonchev–Trinajstić information content (AvgIpc) is 3.43. The van der Waals surface area contributed by atoms with Crippen LogP contribution in [0.1, 0.15) is 101 Å². The molecule has 2 atom stereocenters. The van der Waals surface area contributed by atoms with E-state index >= 15 is 0 Å². The van der Waals surface area contributed by atoms with Crippen molar-refractivity contribution < 1.29 is 30.0 Å². The minimum Gasteiger partial charge on any atom is -0.466 e. The van der Waals surface area contributed by atoms with Crippen molar-refractivity contribution in [2.75, 3.05) is 26.3 Å². The number of nitrogens with one attached hydrogen (secondary N) is 1. The fourth-order valence-electron chi connectivity index (χ4n) is 3.74. The number of amides is 1. The molecule has 2 heterocycles. The van der Waals surface area contributed by atoms with Gasteiger partial charge in [-0.2, -0.15) is 0 Å². The summed E-state index contributed by atoms with van der Waals surface area (Å²) in [5.41, 5.74) is -0.481. The molecule has 8 heteroatoms. The molecule has 2 saturated heterocycles. The summed E-state index contributed by atoms with van der Waals surface area (Å²) in [6, 6.07) is 0.647. The smallest absolute Gasteiger partial charge is 0.410 e. The van der Waals surface area contributed by atoms with Crippen molar-refractivity contribution >= 4 is 18.0 Å². The van der Waals surface area contributed by atoms with E-state index < -0.39 is 5.60 Å². The van der Waals surface area contributed by atoms with Crippen molar-refractivity contribution in [3.63, 3.8) is 0 Å². The molecule has 2 aliphatic rings. The molecule has 0 aromatic carbocycles. The maximum Gasteiger partial charge on any atom is 0.410 e. The van der Waals surface area contributed by atoms with E-state index in [1.54, 1.807) is 18.7 Å². The van der Waals surface area contributed by atoms with Gasteiger partial charge in [-0.15, -0.1) is 0 Å². The van der Waals surface area contributed by atoms with Gasteiger partial charge in [-0.05, 0) is 79.7 Å². The topological polar surface area (TPSA) is 94.2 Å². The second-order valence-corrected chi connectivity index (χ2v) is 8.95. The Morgan fingerprint density at radius 2 is 1.58 bits per heavy atom. The Kier molecular flexibility index (Phi) is 15.6. The average molecular weight is 474 g/mol. The molecule has 0 bridgehead atoms. The molecular formula is C25H48N2O6. The number of likely N-dealkylation sites (tertiary alicyclic amines) is 1. The Balaban J connectivity index is 0.000000619. The number of hydrogen-bond acceptors (Lipinski definition) is 7. The summed E-state index contributed by atoms with van der Waals surface area (Å²) < 4.78 is 21.3. The van der Waals surface area contributed by atoms with Gasteiger partial charge in [-0.1, -0.05) is 13.8 Å². The molecule has 2 unspecified atom stereocenters. The van der Waals surface area contributed by atoms with Gasteiger partial charge in [-0.25, -0.2) is 4.79 Å². The number of ether oxygens (including phenoxy) is 3. The van der Waals surface area contributed by atoms with Crippen molar-refractivity contribution in [1.82, 2.24) is 10.2 Å². The Hall–Kier alpha value is -1.83. The van der Waals surface area contributed by atoms with E-state index in [0.29, 0.717) is 52.0 Å². The first-order valence-corrected chi connectivity index (χ1v) is 12.4. The van der Waals surface area contributed by atoms with E-state index in [0.717, 1.165) is 25.8 Å². The Labute approximate surface area is 202 Å². The summed E-state index contributed by atoms with van der Waals surface area (Å²) in [5.74, 6) is -0.260. The molecule has 0 aromatic rings. The van der Waals surface area contributed by atoms with Crippen LogP contribution in [0.2, 0.25) is 0 Å². The summed E-state index contributed by atoms with van der Waals surface area (Å²) in [7, 11) is 0. The third kappa shape index (κ3) is 14.8. The second kappa shape index (κ2) is 17.6. The van der Waals surface area contributed by atoms with Crippen LogP contribution in [0.4, 0.5) is 4.79 Å². The zero-order valence-electron chi connectivity index (χ0n) is 22.7. The summed E-state index contributed by atoms with van der Waals surface area (Å²) in [6.07, 6.45) is 6.57. The van der Waals surface area contributed by atoms with Gasteiger partial charge >= 0.3 is 18.0 Å². The van der Waals surface area contributed by atoms with Crippen LogP contribution in [0.5, 0.6) is 0 Å². The van der Waals surface area contributed by atoms with Gasteiger partial charge in [0.2, 0.25) is 0 Å². The minimum atomic E-state index is -0.481. The highest BCUT2D eigenvalue weighted by Gasteiger charge is 2.32. The van der Waals surface area contributed by atoms with Crippen LogP contribution in [-0.4, -0.2) is 66.9 Å². The van der Waals surface area contributed by atoms with Crippen LogP contribution in [0.25, 0.3) is 0 Å². The van der Waals surface area contributed by atoms with Crippen molar-refractivity contribution in [3.05, 3.63) is 0 Å². The molecule has 8 nitrogen and oxygen atoms in total. The molecule has 0 spiro atoms. The number of hydrogen-bond donors (Lipinski definition) is 1. The SMILES string of the molecule is CCOC(=O)CCC1CCCN1.CCOC(=O)CCC1CCCN1C(=O)OC(C)(C)C.[2H]CC. The van der Waals surface area contributed by atoms with E-state index in [2.05, 4.69) is 5.32 Å². The Morgan fingerprint density at radius 1 is 1.00 bits per heavy atom. The summed E-state index contributed by atoms with van der Waals surface area (Å²) >= 11 is 0. The molecule has 0 radical (unpaired) electrons. The fraction of sp³-hybridized carbons (Fsp3) is 0.880. The van der Waals surface area contributed by atoms with Crippen molar-refractivity contribution in [3.8, 4) is 0 Å². The molecular weight excluding hydrogens is 424 g/mol. The predicted molar refractivity (Wildman–Crippen MR) is 130 cm³/mol. The zero-order chi connectivity index (χ0) is 26.0. The standard InChI is InChI=1S/C14H25NO4.C9H17NO2.C2H6/c1-5-18-12(16)9-8-11-7-6-10-15(11)13(17)19-14(2,3)4;1-2-12-9(11)6-5-8-4-3-7-10-8;1-2/h11H,5-10H2,1-4H3;8,10H,2-7H2,1H3;1-2H3/i;;1D. The lowest BCUT2D eigenvalue weighted by atomic mass is 10.1. The van der Waals surface area contributed by atoms with Crippen molar-refractivity contribution in [2.24, 2.45) is 0 Å². The van der Waals surface area contributed by atoms with Gasteiger partial charge < -0.3 is 24.4 Å². The van der Waals surface area contributed by atoms with Crippen molar-refractivity contribution in [2.45, 2.75) is 117 Å². The monoisotopic (exact) mass is 473 g/mol. The first-order chi connectivity index (χ1) is 16.1. The number of rotatable bonds is 8. The number of carbonyl (C=O) groups is 3. The summed E-state index contributed by atoms with van der Waals surface area (Å²) in [6.45, 7) is 14.2. The van der Waals surface area contributed by atoms with Gasteiger partial charge in [0, 0.05) is 32.8 Å². The molecule has 1 amide bonds. The highest BCUT2D eigenvalue weighted by atomic mass is 16.6. The van der Waals surface area contributed by atoms with Gasteiger partial charge in [-0.3, -0.25) is 9.59 Å². The van der Waals surface area contributed by atoms with Gasteiger partial charge in [0.1, 0.15) is 5.60 Å². The normalized spacial score (nSPS) is 19.9. The highest BCUT2D eigenvalue weighted by Crippen LogP contribution is 2.24. The molecule has 1 N–H and O–H groups in total. The van der Waals surface area contributed by atoms with Crippen LogP contribution in [0, 0.1) is 0 Å². The Bertz CT molecular complexity index is 576. The summed E-state index contributed by atoms with van der Waals surface area (Å²) in [4.78, 5) is 36.1. The summed E-state index contributed by atoms with van der Waals surface area (Å²) in [5, 5.41) is 3.35. The molecule has 194 valence electrons. The van der Waals surface area contributed by atoms with Crippen molar-refractivity contribution in [1.29, 1.82) is 0 Å². The number of carbonyl (C=O) groups excluding carboxylic acids is 3. The lowest BCUT2D eigenvalue weighted by Gasteiger charge is -2.28. The fourth-order valence-corrected chi connectivity index (χ4v) is 3.74. The molecule has 33 heavy (non-hydrogen) atoms.